The van der Waals surface area contributed by atoms with Crippen molar-refractivity contribution in [3.8, 4) is 0 Å². The molecule has 5 nitrogen and oxygen atoms in total. The summed E-state index contributed by atoms with van der Waals surface area (Å²) in [5.74, 6) is -0.443. The minimum Gasteiger partial charge on any atom is -0.463 e. The molecule has 0 saturated carbocycles. The number of rotatable bonds is 4. The fourth-order valence-electron chi connectivity index (χ4n) is 1.34. The summed E-state index contributed by atoms with van der Waals surface area (Å²) in [4.78, 5) is 22.7. The summed E-state index contributed by atoms with van der Waals surface area (Å²) in [7, 11) is 0. The van der Waals surface area contributed by atoms with Crippen molar-refractivity contribution in [3.05, 3.63) is 0 Å². The Bertz CT molecular complexity index is 243. The first-order valence-electron chi connectivity index (χ1n) is 5.34. The van der Waals surface area contributed by atoms with Crippen molar-refractivity contribution in [2.24, 2.45) is 0 Å². The van der Waals surface area contributed by atoms with Gasteiger partial charge < -0.3 is 15.4 Å². The maximum absolute atomic E-state index is 11.4. The monoisotopic (exact) mass is 214 g/mol. The van der Waals surface area contributed by atoms with Crippen molar-refractivity contribution >= 4 is 11.9 Å². The Morgan fingerprint density at radius 1 is 1.60 bits per heavy atom. The smallest absolute Gasteiger partial charge is 0.308 e. The second kappa shape index (κ2) is 5.70. The second-order valence-corrected chi connectivity index (χ2v) is 3.71. The molecule has 1 fully saturated rings. The van der Waals surface area contributed by atoms with Crippen LogP contribution in [0.1, 0.15) is 26.7 Å². The van der Waals surface area contributed by atoms with Crippen LogP contribution in [0.15, 0.2) is 0 Å². The zero-order chi connectivity index (χ0) is 11.3. The van der Waals surface area contributed by atoms with Crippen LogP contribution in [0.2, 0.25) is 0 Å². The lowest BCUT2D eigenvalue weighted by molar-refractivity contribution is -0.150. The zero-order valence-electron chi connectivity index (χ0n) is 9.21. The Morgan fingerprint density at radius 3 is 2.93 bits per heavy atom. The third kappa shape index (κ3) is 3.87. The summed E-state index contributed by atoms with van der Waals surface area (Å²) in [5, 5.41) is 5.67. The maximum Gasteiger partial charge on any atom is 0.308 e. The molecule has 1 aliphatic heterocycles. The summed E-state index contributed by atoms with van der Waals surface area (Å²) in [6.07, 6.45) is 0.816. The fourth-order valence-corrected chi connectivity index (χ4v) is 1.34. The molecule has 0 radical (unpaired) electrons. The second-order valence-electron chi connectivity index (χ2n) is 3.71. The van der Waals surface area contributed by atoms with E-state index in [2.05, 4.69) is 10.6 Å². The van der Waals surface area contributed by atoms with Crippen LogP contribution in [0.3, 0.4) is 0 Å². The Hall–Kier alpha value is -1.10. The highest BCUT2D eigenvalue weighted by atomic mass is 16.5. The van der Waals surface area contributed by atoms with Gasteiger partial charge >= 0.3 is 5.97 Å². The first-order valence-corrected chi connectivity index (χ1v) is 5.34. The van der Waals surface area contributed by atoms with Gasteiger partial charge in [0.25, 0.3) is 0 Å². The minimum atomic E-state index is -0.435. The molecule has 1 aliphatic rings. The van der Waals surface area contributed by atoms with Gasteiger partial charge in [-0.05, 0) is 13.3 Å². The van der Waals surface area contributed by atoms with Gasteiger partial charge in [-0.3, -0.25) is 9.59 Å². The molecule has 0 aliphatic carbocycles. The van der Waals surface area contributed by atoms with E-state index in [0.717, 1.165) is 6.42 Å². The summed E-state index contributed by atoms with van der Waals surface area (Å²) in [5.41, 5.74) is 0. The van der Waals surface area contributed by atoms with Gasteiger partial charge in [-0.15, -0.1) is 0 Å². The molecule has 0 spiro atoms. The molecule has 1 heterocycles. The van der Waals surface area contributed by atoms with E-state index in [9.17, 15) is 9.59 Å². The maximum atomic E-state index is 11.4. The average Bonchev–Trinajstić information content (AvgIpc) is 2.21. The van der Waals surface area contributed by atoms with Crippen LogP contribution in [-0.2, 0) is 14.3 Å². The highest BCUT2D eigenvalue weighted by Crippen LogP contribution is 2.03. The van der Waals surface area contributed by atoms with E-state index in [1.165, 1.54) is 0 Å². The van der Waals surface area contributed by atoms with Gasteiger partial charge in [0.05, 0.1) is 18.6 Å². The van der Waals surface area contributed by atoms with Crippen LogP contribution in [0.25, 0.3) is 0 Å². The van der Waals surface area contributed by atoms with Crippen LogP contribution >= 0.6 is 0 Å². The van der Waals surface area contributed by atoms with Crippen LogP contribution in [0.5, 0.6) is 0 Å². The Kier molecular flexibility index (Phi) is 4.55. The molecule has 0 aromatic carbocycles. The molecular formula is C10H18N2O3. The highest BCUT2D eigenvalue weighted by Gasteiger charge is 2.25. The van der Waals surface area contributed by atoms with Crippen molar-refractivity contribution in [2.45, 2.75) is 38.8 Å². The molecule has 1 saturated heterocycles. The van der Waals surface area contributed by atoms with Crippen LogP contribution in [0.4, 0.5) is 0 Å². The number of piperazine rings is 1. The van der Waals surface area contributed by atoms with Crippen LogP contribution in [0, 0.1) is 0 Å². The molecule has 0 aromatic heterocycles. The standard InChI is InChI=1S/C10H18N2O3/c1-3-7(2)15-9(13)6-8-10(14)12-5-4-11-8/h7-8,11H,3-6H2,1-2H3,(H,12,14)/t7-,8+/m1/s1. The van der Waals surface area contributed by atoms with Gasteiger partial charge in [0.1, 0.15) is 0 Å². The number of amides is 1. The van der Waals surface area contributed by atoms with E-state index < -0.39 is 6.04 Å². The Balaban J connectivity index is 2.33. The summed E-state index contributed by atoms with van der Waals surface area (Å²) >= 11 is 0. The van der Waals surface area contributed by atoms with Crippen LogP contribution in [-0.4, -0.2) is 37.1 Å². The predicted octanol–water partition coefficient (Wildman–Crippen LogP) is -0.194. The summed E-state index contributed by atoms with van der Waals surface area (Å²) in [6, 6.07) is -0.435. The van der Waals surface area contributed by atoms with E-state index in [1.807, 2.05) is 13.8 Å². The SMILES string of the molecule is CC[C@@H](C)OC(=O)C[C@@H]1NCCNC1=O. The van der Waals surface area contributed by atoms with Crippen molar-refractivity contribution in [1.29, 1.82) is 0 Å². The summed E-state index contributed by atoms with van der Waals surface area (Å²) in [6.45, 7) is 5.11. The highest BCUT2D eigenvalue weighted by molar-refractivity contribution is 5.87. The van der Waals surface area contributed by atoms with Crippen molar-refractivity contribution in [1.82, 2.24) is 10.6 Å². The number of esters is 1. The lowest BCUT2D eigenvalue weighted by Gasteiger charge is -2.23. The molecule has 0 bridgehead atoms. The number of nitrogens with one attached hydrogen (secondary N) is 2. The molecule has 86 valence electrons. The predicted molar refractivity (Wildman–Crippen MR) is 55.3 cm³/mol. The molecule has 2 N–H and O–H groups in total. The molecular weight excluding hydrogens is 196 g/mol. The van der Waals surface area contributed by atoms with Crippen molar-refractivity contribution in [2.75, 3.05) is 13.1 Å². The van der Waals surface area contributed by atoms with Gasteiger partial charge in [0.2, 0.25) is 5.91 Å². The first-order chi connectivity index (χ1) is 7.13. The molecule has 15 heavy (non-hydrogen) atoms. The van der Waals surface area contributed by atoms with Gasteiger partial charge in [0.15, 0.2) is 0 Å². The largest absolute Gasteiger partial charge is 0.463 e. The number of hydrogen-bond donors (Lipinski definition) is 2. The number of hydrogen-bond acceptors (Lipinski definition) is 4. The molecule has 1 rings (SSSR count). The lowest BCUT2D eigenvalue weighted by Crippen LogP contribution is -2.53. The third-order valence-electron chi connectivity index (χ3n) is 2.41. The molecule has 0 unspecified atom stereocenters. The third-order valence-corrected chi connectivity index (χ3v) is 2.41. The number of carbonyl (C=O) groups is 2. The van der Waals surface area contributed by atoms with Crippen LogP contribution < -0.4 is 10.6 Å². The van der Waals surface area contributed by atoms with E-state index in [4.69, 9.17) is 4.74 Å². The van der Waals surface area contributed by atoms with E-state index in [-0.39, 0.29) is 24.4 Å². The Morgan fingerprint density at radius 2 is 2.33 bits per heavy atom. The average molecular weight is 214 g/mol. The topological polar surface area (TPSA) is 67.4 Å². The fraction of sp³-hybridized carbons (Fsp3) is 0.800. The molecule has 1 amide bonds. The van der Waals surface area contributed by atoms with Gasteiger partial charge in [-0.2, -0.15) is 0 Å². The molecule has 5 heteroatoms. The van der Waals surface area contributed by atoms with E-state index in [0.29, 0.717) is 13.1 Å². The van der Waals surface area contributed by atoms with E-state index in [1.54, 1.807) is 0 Å². The molecule has 0 aromatic rings. The van der Waals surface area contributed by atoms with E-state index >= 15 is 0 Å². The quantitative estimate of drug-likeness (QED) is 0.636. The minimum absolute atomic E-state index is 0.0795. The lowest BCUT2D eigenvalue weighted by atomic mass is 10.1. The number of carbonyl (C=O) groups excluding carboxylic acids is 2. The normalized spacial score (nSPS) is 23.1. The number of ether oxygens (including phenoxy) is 1. The van der Waals surface area contributed by atoms with Gasteiger partial charge in [-0.1, -0.05) is 6.92 Å². The zero-order valence-corrected chi connectivity index (χ0v) is 9.21. The van der Waals surface area contributed by atoms with Gasteiger partial charge in [-0.25, -0.2) is 0 Å². The first kappa shape index (κ1) is 12.0. The van der Waals surface area contributed by atoms with Gasteiger partial charge in [0, 0.05) is 13.1 Å². The van der Waals surface area contributed by atoms with Crippen molar-refractivity contribution < 1.29 is 14.3 Å². The molecule has 2 atom stereocenters. The summed E-state index contributed by atoms with van der Waals surface area (Å²) < 4.78 is 5.09. The van der Waals surface area contributed by atoms with Crippen molar-refractivity contribution in [3.63, 3.8) is 0 Å². The Labute approximate surface area is 89.6 Å².